The van der Waals surface area contributed by atoms with E-state index in [9.17, 15) is 43.5 Å². The molecular weight excluding hydrogens is 939 g/mol. The van der Waals surface area contributed by atoms with Gasteiger partial charge < -0.3 is 70.2 Å². The van der Waals surface area contributed by atoms with Gasteiger partial charge in [-0.15, -0.1) is 0 Å². The lowest BCUT2D eigenvalue weighted by Gasteiger charge is -2.34. The van der Waals surface area contributed by atoms with Gasteiger partial charge in [-0.25, -0.2) is 0 Å². The molecule has 0 aromatic heterocycles. The zero-order chi connectivity index (χ0) is 54.0. The number of primary amides is 1. The SMILES string of the molecule is CCCC[C@H](NC(=O)[C@H](CC(C)C)N(C)C(=O)[C@H](Cc1ccccc1)NC(=O)[C@@H](N)Cc1ccc(O)cc1)C(=O)N[C@@H](CCCCCN)C(=O)N1CCC[C@H]1C(=O)N[C@@H](CCCN=C(N)N)C(=O)NCC(N)=O. The summed E-state index contributed by atoms with van der Waals surface area (Å²) in [5.41, 5.74) is 29.7. The van der Waals surface area contributed by atoms with Crippen LogP contribution in [0.4, 0.5) is 0 Å². The van der Waals surface area contributed by atoms with Crippen LogP contribution in [-0.2, 0) is 51.2 Å². The van der Waals surface area contributed by atoms with Crippen molar-refractivity contribution < 1.29 is 43.5 Å². The number of aliphatic imine (C=N–C) groups is 1. The van der Waals surface area contributed by atoms with Crippen LogP contribution in [0.1, 0.15) is 109 Å². The van der Waals surface area contributed by atoms with E-state index in [0.717, 1.165) is 5.56 Å². The number of amides is 8. The molecule has 3 rings (SSSR count). The first kappa shape index (κ1) is 60.5. The molecule has 1 fully saturated rings. The van der Waals surface area contributed by atoms with Gasteiger partial charge in [0.05, 0.1) is 12.6 Å². The van der Waals surface area contributed by atoms with E-state index in [1.165, 1.54) is 29.0 Å². The molecule has 7 atom stereocenters. The monoisotopic (exact) mass is 1020 g/mol. The van der Waals surface area contributed by atoms with Crippen molar-refractivity contribution in [2.24, 2.45) is 39.6 Å². The van der Waals surface area contributed by atoms with Gasteiger partial charge in [0.25, 0.3) is 0 Å². The maximum Gasteiger partial charge on any atom is 0.245 e. The Morgan fingerprint density at radius 1 is 0.740 bits per heavy atom. The van der Waals surface area contributed by atoms with Gasteiger partial charge in [-0.3, -0.25) is 43.3 Å². The zero-order valence-corrected chi connectivity index (χ0v) is 43.0. The zero-order valence-electron chi connectivity index (χ0n) is 43.0. The third-order valence-corrected chi connectivity index (χ3v) is 12.6. The average molecular weight is 1020 g/mol. The van der Waals surface area contributed by atoms with Crippen molar-refractivity contribution in [2.75, 3.05) is 33.2 Å². The van der Waals surface area contributed by atoms with E-state index in [0.29, 0.717) is 57.1 Å². The lowest BCUT2D eigenvalue weighted by Crippen LogP contribution is -2.60. The molecule has 2 aromatic carbocycles. The number of unbranched alkanes of at least 4 members (excludes halogenated alkanes) is 3. The number of likely N-dealkylation sites (tertiary alicyclic amines) is 1. The Kier molecular flexibility index (Phi) is 26.2. The van der Waals surface area contributed by atoms with Crippen LogP contribution in [0.25, 0.3) is 0 Å². The largest absolute Gasteiger partial charge is 0.508 e. The summed E-state index contributed by atoms with van der Waals surface area (Å²) in [6, 6.07) is 7.77. The summed E-state index contributed by atoms with van der Waals surface area (Å²) in [5, 5.41) is 23.5. The van der Waals surface area contributed by atoms with Crippen LogP contribution in [0.3, 0.4) is 0 Å². The summed E-state index contributed by atoms with van der Waals surface area (Å²) in [4.78, 5) is 117. The molecule has 1 heterocycles. The van der Waals surface area contributed by atoms with E-state index in [2.05, 4.69) is 31.6 Å². The molecule has 1 aliphatic heterocycles. The highest BCUT2D eigenvalue weighted by Crippen LogP contribution is 2.22. The molecule has 0 radical (unpaired) electrons. The van der Waals surface area contributed by atoms with Crippen molar-refractivity contribution >= 4 is 53.2 Å². The molecule has 1 saturated heterocycles. The number of nitrogens with zero attached hydrogens (tertiary/aromatic N) is 3. The van der Waals surface area contributed by atoms with E-state index < -0.39 is 96.1 Å². The average Bonchev–Trinajstić information content (AvgIpc) is 3.86. The topological polar surface area (TPSA) is 366 Å². The van der Waals surface area contributed by atoms with Crippen LogP contribution in [0, 0.1) is 5.92 Å². The van der Waals surface area contributed by atoms with E-state index in [4.69, 9.17) is 28.7 Å². The van der Waals surface area contributed by atoms with Gasteiger partial charge in [0.15, 0.2) is 5.96 Å². The summed E-state index contributed by atoms with van der Waals surface area (Å²) in [6.45, 7) is 6.05. The Morgan fingerprint density at radius 2 is 1.36 bits per heavy atom. The molecule has 1 aliphatic rings. The van der Waals surface area contributed by atoms with E-state index in [1.807, 2.05) is 51.1 Å². The van der Waals surface area contributed by atoms with Crippen molar-refractivity contribution in [3.8, 4) is 5.75 Å². The predicted molar refractivity (Wildman–Crippen MR) is 278 cm³/mol. The molecular formula is C51H81N13O9. The number of carbonyl (C=O) groups is 8. The van der Waals surface area contributed by atoms with Crippen LogP contribution >= 0.6 is 0 Å². The number of phenolic OH excluding ortho intramolecular Hbond substituents is 1. The first-order valence-electron chi connectivity index (χ1n) is 25.4. The Hall–Kier alpha value is -6.81. The van der Waals surface area contributed by atoms with Crippen molar-refractivity contribution in [1.82, 2.24) is 36.4 Å². The number of hydrogen-bond acceptors (Lipinski definition) is 12. The van der Waals surface area contributed by atoms with Crippen molar-refractivity contribution in [3.05, 3.63) is 65.7 Å². The molecule has 0 aliphatic carbocycles. The maximum absolute atomic E-state index is 14.6. The molecule has 0 spiro atoms. The molecule has 22 heteroatoms. The number of phenols is 1. The van der Waals surface area contributed by atoms with Gasteiger partial charge in [-0.05, 0) is 93.5 Å². The third-order valence-electron chi connectivity index (χ3n) is 12.6. The second-order valence-electron chi connectivity index (χ2n) is 19.1. The van der Waals surface area contributed by atoms with Crippen molar-refractivity contribution in [1.29, 1.82) is 0 Å². The number of nitrogens with two attached hydrogens (primary N) is 5. The molecule has 8 amide bonds. The van der Waals surface area contributed by atoms with Crippen LogP contribution in [0.2, 0.25) is 0 Å². The number of aromatic hydroxyl groups is 1. The number of likely N-dealkylation sites (N-methyl/N-ethyl adjacent to an activating group) is 1. The molecule has 0 saturated carbocycles. The smallest absolute Gasteiger partial charge is 0.245 e. The molecule has 73 heavy (non-hydrogen) atoms. The lowest BCUT2D eigenvalue weighted by molar-refractivity contribution is -0.144. The van der Waals surface area contributed by atoms with Gasteiger partial charge in [-0.2, -0.15) is 0 Å². The predicted octanol–water partition coefficient (Wildman–Crippen LogP) is -0.328. The third kappa shape index (κ3) is 21.1. The minimum Gasteiger partial charge on any atom is -0.508 e. The van der Waals surface area contributed by atoms with Gasteiger partial charge in [0.1, 0.15) is 42.0 Å². The minimum atomic E-state index is -1.13. The molecule has 404 valence electrons. The number of rotatable bonds is 32. The molecule has 16 N–H and O–H groups in total. The fraction of sp³-hybridized carbons (Fsp3) is 0.588. The van der Waals surface area contributed by atoms with Gasteiger partial charge >= 0.3 is 0 Å². The summed E-state index contributed by atoms with van der Waals surface area (Å²) in [5.74, 6) is -5.11. The summed E-state index contributed by atoms with van der Waals surface area (Å²) >= 11 is 0. The van der Waals surface area contributed by atoms with Gasteiger partial charge in [0.2, 0.25) is 47.3 Å². The van der Waals surface area contributed by atoms with E-state index in [1.54, 1.807) is 12.1 Å². The van der Waals surface area contributed by atoms with Crippen molar-refractivity contribution in [3.63, 3.8) is 0 Å². The Bertz CT molecular complexity index is 2140. The van der Waals surface area contributed by atoms with Crippen LogP contribution in [0.5, 0.6) is 5.75 Å². The number of nitrogens with one attached hydrogen (secondary N) is 5. The molecule has 0 unspecified atom stereocenters. The van der Waals surface area contributed by atoms with Crippen LogP contribution in [-0.4, -0.2) is 144 Å². The normalized spacial score (nSPS) is 15.7. The quantitative estimate of drug-likeness (QED) is 0.0255. The van der Waals surface area contributed by atoms with Gasteiger partial charge in [0, 0.05) is 26.6 Å². The van der Waals surface area contributed by atoms with E-state index in [-0.39, 0.29) is 75.7 Å². The minimum absolute atomic E-state index is 0.0638. The second-order valence-corrected chi connectivity index (χ2v) is 19.1. The fourth-order valence-electron chi connectivity index (χ4n) is 8.58. The van der Waals surface area contributed by atoms with Crippen molar-refractivity contribution in [2.45, 2.75) is 153 Å². The number of benzene rings is 2. The van der Waals surface area contributed by atoms with E-state index >= 15 is 0 Å². The van der Waals surface area contributed by atoms with Gasteiger partial charge in [-0.1, -0.05) is 88.9 Å². The number of hydrogen-bond donors (Lipinski definition) is 11. The second kappa shape index (κ2) is 31.6. The summed E-state index contributed by atoms with van der Waals surface area (Å²) in [6.07, 6.45) is 5.00. The lowest BCUT2D eigenvalue weighted by atomic mass is 9.98. The molecule has 0 bridgehead atoms. The Balaban J connectivity index is 1.88. The highest BCUT2D eigenvalue weighted by molar-refractivity contribution is 5.98. The Morgan fingerprint density at radius 3 is 1.99 bits per heavy atom. The standard InChI is InChI=1S/C51H81N13O9/c1-5-6-17-38(60-48(71)42(28-32(2)3)63(4)49(72)40(30-33-15-9-7-10-16-33)62-44(67)36(53)29-34-21-23-35(65)24-22-34)46(69)61-39(18-11-8-12-25-52)50(73)64-27-14-20-41(64)47(70)59-37(19-13-26-57-51(55)56)45(68)58-31-43(54)66/h7,9-10,15-16,21-24,32,36-42,65H,5-6,8,11-14,17-20,25-31,52-53H2,1-4H3,(H2,54,66)(H,58,68)(H,59,70)(H,60,71)(H,61,69)(H,62,67)(H4,55,56,57)/t36-,37-,38-,39-,40-,41-,42-/m0/s1. The summed E-state index contributed by atoms with van der Waals surface area (Å²) < 4.78 is 0. The number of guanidine groups is 1. The first-order chi connectivity index (χ1) is 34.7. The summed E-state index contributed by atoms with van der Waals surface area (Å²) in [7, 11) is 1.48. The molecule has 2 aromatic rings. The van der Waals surface area contributed by atoms with Crippen LogP contribution in [0.15, 0.2) is 59.6 Å². The molecule has 22 nitrogen and oxygen atoms in total. The maximum atomic E-state index is 14.6. The first-order valence-corrected chi connectivity index (χ1v) is 25.4. The fourth-order valence-corrected chi connectivity index (χ4v) is 8.58. The Labute approximate surface area is 429 Å². The number of carbonyl (C=O) groups excluding carboxylic acids is 8. The van der Waals surface area contributed by atoms with Crippen LogP contribution < -0.4 is 55.3 Å². The highest BCUT2D eigenvalue weighted by Gasteiger charge is 2.40. The highest BCUT2D eigenvalue weighted by atomic mass is 16.3.